The van der Waals surface area contributed by atoms with E-state index in [0.717, 1.165) is 0 Å². The zero-order chi connectivity index (χ0) is 18.0. The third-order valence-corrected chi connectivity index (χ3v) is 4.78. The number of halogens is 4. The highest BCUT2D eigenvalue weighted by Crippen LogP contribution is 2.41. The van der Waals surface area contributed by atoms with Crippen molar-refractivity contribution < 1.29 is 4.79 Å². The molecule has 0 saturated carbocycles. The first-order valence-corrected chi connectivity index (χ1v) is 8.71. The summed E-state index contributed by atoms with van der Waals surface area (Å²) in [5, 5.41) is 0.181. The fourth-order valence-electron chi connectivity index (χ4n) is 2.84. The highest BCUT2D eigenvalue weighted by atomic mass is 35.5. The van der Waals surface area contributed by atoms with Gasteiger partial charge in [-0.05, 0) is 52.1 Å². The van der Waals surface area contributed by atoms with Crippen molar-refractivity contribution in [1.82, 2.24) is 0 Å². The molecule has 0 atom stereocenters. The van der Waals surface area contributed by atoms with Gasteiger partial charge in [-0.2, -0.15) is 0 Å². The van der Waals surface area contributed by atoms with E-state index in [-0.39, 0.29) is 29.0 Å². The number of benzene rings is 3. The second kappa shape index (κ2) is 8.90. The van der Waals surface area contributed by atoms with Gasteiger partial charge >= 0.3 is 0 Å². The first-order valence-electron chi connectivity index (χ1n) is 7.57. The van der Waals surface area contributed by atoms with Crippen LogP contribution in [0.2, 0.25) is 10.0 Å². The SMILES string of the molecule is Cl.NC1c2ccccc2-c2ccccc21.O=C(Cl)c1ccc(Cl)cc1Cl. The molecule has 0 aliphatic heterocycles. The van der Waals surface area contributed by atoms with Crippen LogP contribution < -0.4 is 5.73 Å². The second-order valence-corrected chi connectivity index (χ2v) is 6.74. The summed E-state index contributed by atoms with van der Waals surface area (Å²) in [4.78, 5) is 10.6. The monoisotopic (exact) mass is 425 g/mol. The van der Waals surface area contributed by atoms with E-state index in [4.69, 9.17) is 40.5 Å². The summed E-state index contributed by atoms with van der Waals surface area (Å²) in [6.45, 7) is 0. The Morgan fingerprint density at radius 1 is 0.846 bits per heavy atom. The van der Waals surface area contributed by atoms with E-state index in [1.165, 1.54) is 34.4 Å². The number of hydrogen-bond donors (Lipinski definition) is 1. The average molecular weight is 427 g/mol. The van der Waals surface area contributed by atoms with Crippen LogP contribution in [-0.2, 0) is 0 Å². The van der Waals surface area contributed by atoms with Crippen molar-refractivity contribution in [3.8, 4) is 11.1 Å². The molecular formula is C20H15Cl4NO. The summed E-state index contributed by atoms with van der Waals surface area (Å²) in [5.41, 5.74) is 11.5. The van der Waals surface area contributed by atoms with E-state index in [2.05, 4.69) is 36.4 Å². The molecule has 2 N–H and O–H groups in total. The molecule has 3 aromatic rings. The van der Waals surface area contributed by atoms with E-state index in [9.17, 15) is 4.79 Å². The van der Waals surface area contributed by atoms with Gasteiger partial charge in [0.25, 0.3) is 5.24 Å². The molecule has 2 nitrogen and oxygen atoms in total. The lowest BCUT2D eigenvalue weighted by Crippen LogP contribution is -2.07. The number of carbonyl (C=O) groups is 1. The minimum atomic E-state index is -0.577. The van der Waals surface area contributed by atoms with Gasteiger partial charge in [-0.1, -0.05) is 71.7 Å². The summed E-state index contributed by atoms with van der Waals surface area (Å²) >= 11 is 16.4. The van der Waals surface area contributed by atoms with Gasteiger partial charge in [-0.3, -0.25) is 4.79 Å². The second-order valence-electron chi connectivity index (χ2n) is 5.55. The number of carbonyl (C=O) groups excluding carboxylic acids is 1. The van der Waals surface area contributed by atoms with Crippen LogP contribution in [-0.4, -0.2) is 5.24 Å². The standard InChI is InChI=1S/C13H11N.C7H3Cl3O.ClH/c14-13-11-7-3-1-5-9(11)10-6-2-4-8-12(10)13;8-4-1-2-5(7(10)11)6(9)3-4;/h1-8,13H,14H2;1-3H;1H. The molecule has 4 rings (SSSR count). The summed E-state index contributed by atoms with van der Waals surface area (Å²) in [5.74, 6) is 0. The number of rotatable bonds is 1. The molecule has 0 bridgehead atoms. The van der Waals surface area contributed by atoms with E-state index in [0.29, 0.717) is 5.02 Å². The van der Waals surface area contributed by atoms with Crippen LogP contribution in [0.25, 0.3) is 11.1 Å². The highest BCUT2D eigenvalue weighted by molar-refractivity contribution is 6.68. The Morgan fingerprint density at radius 3 is 1.81 bits per heavy atom. The molecule has 0 amide bonds. The van der Waals surface area contributed by atoms with Crippen molar-refractivity contribution in [3.05, 3.63) is 93.5 Å². The Bertz CT molecular complexity index is 897. The number of fused-ring (bicyclic) bond motifs is 3. The minimum Gasteiger partial charge on any atom is -0.320 e. The number of hydrogen-bond acceptors (Lipinski definition) is 2. The van der Waals surface area contributed by atoms with Gasteiger partial charge in [0.05, 0.1) is 16.6 Å². The Kier molecular flexibility index (Phi) is 7.10. The van der Waals surface area contributed by atoms with Crippen molar-refractivity contribution in [2.75, 3.05) is 0 Å². The summed E-state index contributed by atoms with van der Waals surface area (Å²) < 4.78 is 0. The molecule has 1 aliphatic rings. The van der Waals surface area contributed by atoms with Crippen LogP contribution in [0, 0.1) is 0 Å². The highest BCUT2D eigenvalue weighted by Gasteiger charge is 2.24. The predicted molar refractivity (Wildman–Crippen MR) is 112 cm³/mol. The lowest BCUT2D eigenvalue weighted by Gasteiger charge is -2.04. The molecule has 0 saturated heterocycles. The van der Waals surface area contributed by atoms with Crippen molar-refractivity contribution in [1.29, 1.82) is 0 Å². The summed E-state index contributed by atoms with van der Waals surface area (Å²) in [7, 11) is 0. The number of nitrogens with two attached hydrogens (primary N) is 1. The molecule has 0 unspecified atom stereocenters. The quantitative estimate of drug-likeness (QED) is 0.450. The van der Waals surface area contributed by atoms with Gasteiger partial charge < -0.3 is 5.73 Å². The first-order chi connectivity index (χ1) is 12.0. The van der Waals surface area contributed by atoms with Gasteiger partial charge in [0.15, 0.2) is 0 Å². The van der Waals surface area contributed by atoms with Gasteiger partial charge in [0.1, 0.15) is 0 Å². The molecule has 0 aromatic heterocycles. The minimum absolute atomic E-state index is 0. The predicted octanol–water partition coefficient (Wildman–Crippen LogP) is 6.51. The summed E-state index contributed by atoms with van der Waals surface area (Å²) in [6.07, 6.45) is 0. The van der Waals surface area contributed by atoms with E-state index in [1.807, 2.05) is 12.1 Å². The fraction of sp³-hybridized carbons (Fsp3) is 0.0500. The Labute approximate surface area is 173 Å². The molecule has 0 fully saturated rings. The Hall–Kier alpha value is -1.55. The third-order valence-electron chi connectivity index (χ3n) is 4.02. The fourth-order valence-corrected chi connectivity index (χ4v) is 3.55. The van der Waals surface area contributed by atoms with Gasteiger partial charge in [-0.25, -0.2) is 0 Å². The van der Waals surface area contributed by atoms with Crippen LogP contribution in [0.1, 0.15) is 27.5 Å². The molecule has 0 radical (unpaired) electrons. The maximum absolute atomic E-state index is 10.6. The van der Waals surface area contributed by atoms with Crippen LogP contribution >= 0.6 is 47.2 Å². The van der Waals surface area contributed by atoms with Gasteiger partial charge in [-0.15, -0.1) is 12.4 Å². The Morgan fingerprint density at radius 2 is 1.35 bits per heavy atom. The van der Waals surface area contributed by atoms with Gasteiger partial charge in [0.2, 0.25) is 0 Å². The third kappa shape index (κ3) is 4.22. The zero-order valence-corrected chi connectivity index (χ0v) is 16.5. The molecule has 3 aromatic carbocycles. The van der Waals surface area contributed by atoms with E-state index >= 15 is 0 Å². The Balaban J connectivity index is 0.000000186. The molecule has 6 heteroatoms. The molecule has 1 aliphatic carbocycles. The van der Waals surface area contributed by atoms with Crippen LogP contribution in [0.5, 0.6) is 0 Å². The molecule has 0 spiro atoms. The van der Waals surface area contributed by atoms with E-state index in [1.54, 1.807) is 6.07 Å². The summed E-state index contributed by atoms with van der Waals surface area (Å²) in [6, 6.07) is 21.3. The normalized spacial score (nSPS) is 11.5. The van der Waals surface area contributed by atoms with Crippen molar-refractivity contribution in [3.63, 3.8) is 0 Å². The van der Waals surface area contributed by atoms with Crippen LogP contribution in [0.3, 0.4) is 0 Å². The molecule has 0 heterocycles. The maximum Gasteiger partial charge on any atom is 0.253 e. The average Bonchev–Trinajstić information content (AvgIpc) is 2.89. The zero-order valence-electron chi connectivity index (χ0n) is 13.5. The molecule has 26 heavy (non-hydrogen) atoms. The maximum atomic E-state index is 10.6. The molecular weight excluding hydrogens is 412 g/mol. The van der Waals surface area contributed by atoms with Crippen molar-refractivity contribution in [2.45, 2.75) is 6.04 Å². The van der Waals surface area contributed by atoms with Crippen molar-refractivity contribution >= 4 is 52.5 Å². The topological polar surface area (TPSA) is 43.1 Å². The smallest absolute Gasteiger partial charge is 0.253 e. The molecule has 134 valence electrons. The van der Waals surface area contributed by atoms with Crippen molar-refractivity contribution in [2.24, 2.45) is 5.73 Å². The lowest BCUT2D eigenvalue weighted by molar-refractivity contribution is 0.108. The first kappa shape index (κ1) is 20.8. The lowest BCUT2D eigenvalue weighted by atomic mass is 10.1. The largest absolute Gasteiger partial charge is 0.320 e. The van der Waals surface area contributed by atoms with Crippen LogP contribution in [0.4, 0.5) is 0 Å². The van der Waals surface area contributed by atoms with E-state index < -0.39 is 5.24 Å². The van der Waals surface area contributed by atoms with Crippen LogP contribution in [0.15, 0.2) is 66.7 Å². The van der Waals surface area contributed by atoms with Gasteiger partial charge in [0, 0.05) is 5.02 Å².